The van der Waals surface area contributed by atoms with Gasteiger partial charge in [0.05, 0.1) is 5.92 Å². The number of hydrogen-bond acceptors (Lipinski definition) is 1. The van der Waals surface area contributed by atoms with Crippen LogP contribution in [0.3, 0.4) is 0 Å². The van der Waals surface area contributed by atoms with Gasteiger partial charge in [-0.25, -0.2) is 0 Å². The Morgan fingerprint density at radius 1 is 1.50 bits per heavy atom. The number of alkyl halides is 1. The van der Waals surface area contributed by atoms with E-state index in [1.165, 1.54) is 6.42 Å². The molecule has 3 heteroatoms. The molecule has 1 aliphatic carbocycles. The summed E-state index contributed by atoms with van der Waals surface area (Å²) in [6, 6.07) is 0. The zero-order valence-corrected chi connectivity index (χ0v) is 7.23. The number of piperidine rings is 1. The average molecular weight is 204 g/mol. The number of carbonyl (C=O) groups is 1. The lowest BCUT2D eigenvalue weighted by molar-refractivity contribution is -0.125. The van der Waals surface area contributed by atoms with Crippen LogP contribution < -0.4 is 5.32 Å². The second-order valence-corrected chi connectivity index (χ2v) is 4.19. The molecule has 1 amide bonds. The van der Waals surface area contributed by atoms with Crippen LogP contribution in [-0.2, 0) is 4.79 Å². The minimum atomic E-state index is 0.246. The van der Waals surface area contributed by atoms with Gasteiger partial charge in [0.2, 0.25) is 5.91 Å². The molecule has 0 aromatic carbocycles. The predicted molar refractivity (Wildman–Crippen MR) is 41.9 cm³/mol. The quantitative estimate of drug-likeness (QED) is 0.583. The van der Waals surface area contributed by atoms with E-state index in [2.05, 4.69) is 21.2 Å². The van der Waals surface area contributed by atoms with Crippen LogP contribution in [0.15, 0.2) is 0 Å². The molecular formula is C7H10BrNO. The van der Waals surface area contributed by atoms with E-state index in [4.69, 9.17) is 0 Å². The van der Waals surface area contributed by atoms with Crippen molar-refractivity contribution in [2.24, 2.45) is 11.8 Å². The number of carbonyl (C=O) groups excluding carboxylic acids is 1. The summed E-state index contributed by atoms with van der Waals surface area (Å²) in [5, 5.41) is 2.91. The van der Waals surface area contributed by atoms with Gasteiger partial charge in [0.1, 0.15) is 0 Å². The summed E-state index contributed by atoms with van der Waals surface area (Å²) in [6.45, 7) is 0.880. The molecule has 0 aromatic rings. The van der Waals surface area contributed by atoms with Gasteiger partial charge < -0.3 is 5.32 Å². The van der Waals surface area contributed by atoms with Gasteiger partial charge in [-0.05, 0) is 18.8 Å². The molecule has 1 aliphatic heterocycles. The molecule has 3 atom stereocenters. The maximum Gasteiger partial charge on any atom is 0.224 e. The standard InChI is InChI=1S/C7H10BrNO/c8-6-4-1-2-5(6)7(10)9-3-4/h4-6H,1-3H2,(H,9,10)/t4-,5-,6-/m1/s1. The minimum Gasteiger partial charge on any atom is -0.356 e. The van der Waals surface area contributed by atoms with Crippen molar-refractivity contribution < 1.29 is 4.79 Å². The molecule has 0 aromatic heterocycles. The molecule has 10 heavy (non-hydrogen) atoms. The third-order valence-corrected chi connectivity index (χ3v) is 3.94. The Hall–Kier alpha value is -0.0500. The lowest BCUT2D eigenvalue weighted by atomic mass is 10.00. The van der Waals surface area contributed by atoms with Crippen molar-refractivity contribution in [1.82, 2.24) is 5.32 Å². The smallest absolute Gasteiger partial charge is 0.224 e. The number of nitrogens with one attached hydrogen (secondary N) is 1. The molecular weight excluding hydrogens is 194 g/mol. The van der Waals surface area contributed by atoms with E-state index >= 15 is 0 Å². The van der Waals surface area contributed by atoms with E-state index < -0.39 is 0 Å². The first kappa shape index (κ1) is 6.65. The van der Waals surface area contributed by atoms with Gasteiger partial charge >= 0.3 is 0 Å². The van der Waals surface area contributed by atoms with Crippen LogP contribution in [0.5, 0.6) is 0 Å². The highest BCUT2D eigenvalue weighted by molar-refractivity contribution is 9.09. The van der Waals surface area contributed by atoms with Crippen molar-refractivity contribution in [3.8, 4) is 0 Å². The van der Waals surface area contributed by atoms with Crippen molar-refractivity contribution in [3.63, 3.8) is 0 Å². The van der Waals surface area contributed by atoms with Gasteiger partial charge in [-0.15, -0.1) is 0 Å². The third kappa shape index (κ3) is 0.797. The van der Waals surface area contributed by atoms with Crippen molar-refractivity contribution in [3.05, 3.63) is 0 Å². The lowest BCUT2D eigenvalue weighted by Gasteiger charge is -2.24. The normalized spacial score (nSPS) is 45.3. The van der Waals surface area contributed by atoms with Crippen LogP contribution in [0.25, 0.3) is 0 Å². The minimum absolute atomic E-state index is 0.246. The number of fused-ring (bicyclic) bond motifs is 2. The fourth-order valence-corrected chi connectivity index (χ4v) is 2.85. The molecule has 1 N–H and O–H groups in total. The van der Waals surface area contributed by atoms with Gasteiger partial charge in [-0.2, -0.15) is 0 Å². The number of amides is 1. The average Bonchev–Trinajstić information content (AvgIpc) is 2.13. The zero-order chi connectivity index (χ0) is 7.14. The molecule has 0 radical (unpaired) electrons. The maximum absolute atomic E-state index is 11.1. The Balaban J connectivity index is 2.20. The molecule has 56 valence electrons. The Labute approximate surface area is 68.5 Å². The van der Waals surface area contributed by atoms with Crippen LogP contribution in [0, 0.1) is 11.8 Å². The van der Waals surface area contributed by atoms with Gasteiger partial charge in [0, 0.05) is 11.4 Å². The lowest BCUT2D eigenvalue weighted by Crippen LogP contribution is -2.43. The van der Waals surface area contributed by atoms with Gasteiger partial charge in [-0.3, -0.25) is 4.79 Å². The number of halogens is 1. The van der Waals surface area contributed by atoms with Crippen LogP contribution in [0.2, 0.25) is 0 Å². The third-order valence-electron chi connectivity index (χ3n) is 2.56. The van der Waals surface area contributed by atoms with E-state index in [0.29, 0.717) is 10.7 Å². The molecule has 2 aliphatic rings. The summed E-state index contributed by atoms with van der Waals surface area (Å²) >= 11 is 3.56. The summed E-state index contributed by atoms with van der Waals surface area (Å²) in [6.07, 6.45) is 2.28. The summed E-state index contributed by atoms with van der Waals surface area (Å²) in [5.41, 5.74) is 0. The molecule has 2 nitrogen and oxygen atoms in total. The Morgan fingerprint density at radius 2 is 2.30 bits per heavy atom. The summed E-state index contributed by atoms with van der Waals surface area (Å²) in [7, 11) is 0. The molecule has 2 bridgehead atoms. The fraction of sp³-hybridized carbons (Fsp3) is 0.857. The fourth-order valence-electron chi connectivity index (χ4n) is 1.89. The second-order valence-electron chi connectivity index (χ2n) is 3.13. The van der Waals surface area contributed by atoms with Gasteiger partial charge in [0.25, 0.3) is 0 Å². The van der Waals surface area contributed by atoms with E-state index in [9.17, 15) is 4.79 Å². The van der Waals surface area contributed by atoms with Crippen LogP contribution in [0.1, 0.15) is 12.8 Å². The van der Waals surface area contributed by atoms with Crippen molar-refractivity contribution in [1.29, 1.82) is 0 Å². The van der Waals surface area contributed by atoms with Crippen molar-refractivity contribution >= 4 is 21.8 Å². The summed E-state index contributed by atoms with van der Waals surface area (Å²) < 4.78 is 0. The first-order chi connectivity index (χ1) is 4.79. The van der Waals surface area contributed by atoms with Crippen LogP contribution in [-0.4, -0.2) is 17.3 Å². The Bertz CT molecular complexity index is 171. The first-order valence-electron chi connectivity index (χ1n) is 3.71. The van der Waals surface area contributed by atoms with Crippen LogP contribution in [0.4, 0.5) is 0 Å². The molecule has 1 saturated heterocycles. The topological polar surface area (TPSA) is 29.1 Å². The SMILES string of the molecule is O=C1NC[C@H]2CC[C@@H]1[C@@H]2Br. The monoisotopic (exact) mass is 203 g/mol. The summed E-state index contributed by atoms with van der Waals surface area (Å²) in [4.78, 5) is 11.6. The zero-order valence-electron chi connectivity index (χ0n) is 5.64. The van der Waals surface area contributed by atoms with Gasteiger partial charge in [0.15, 0.2) is 0 Å². The molecule has 2 rings (SSSR count). The molecule has 1 saturated carbocycles. The van der Waals surface area contributed by atoms with Crippen LogP contribution >= 0.6 is 15.9 Å². The number of hydrogen-bond donors (Lipinski definition) is 1. The maximum atomic E-state index is 11.1. The van der Waals surface area contributed by atoms with E-state index in [-0.39, 0.29) is 11.8 Å². The van der Waals surface area contributed by atoms with E-state index in [1.807, 2.05) is 0 Å². The molecule has 1 heterocycles. The van der Waals surface area contributed by atoms with Gasteiger partial charge in [-0.1, -0.05) is 15.9 Å². The highest BCUT2D eigenvalue weighted by atomic mass is 79.9. The predicted octanol–water partition coefficient (Wildman–Crippen LogP) is 0.906. The Morgan fingerprint density at radius 3 is 3.00 bits per heavy atom. The second kappa shape index (κ2) is 2.22. The van der Waals surface area contributed by atoms with Crippen molar-refractivity contribution in [2.45, 2.75) is 17.7 Å². The van der Waals surface area contributed by atoms with E-state index in [1.54, 1.807) is 0 Å². The highest BCUT2D eigenvalue weighted by Crippen LogP contribution is 2.38. The first-order valence-corrected chi connectivity index (χ1v) is 4.62. The largest absolute Gasteiger partial charge is 0.356 e. The molecule has 0 spiro atoms. The summed E-state index contributed by atoms with van der Waals surface area (Å²) in [5.74, 6) is 1.21. The highest BCUT2D eigenvalue weighted by Gasteiger charge is 2.42. The van der Waals surface area contributed by atoms with E-state index in [0.717, 1.165) is 13.0 Å². The molecule has 2 fully saturated rings. The van der Waals surface area contributed by atoms with Crippen molar-refractivity contribution in [2.75, 3.05) is 6.54 Å². The Kier molecular flexibility index (Phi) is 1.48. The molecule has 0 unspecified atom stereocenters. The number of rotatable bonds is 0.